The van der Waals surface area contributed by atoms with Crippen LogP contribution in [-0.4, -0.2) is 49.1 Å². The lowest BCUT2D eigenvalue weighted by molar-refractivity contribution is -0.122. The molecule has 1 saturated heterocycles. The summed E-state index contributed by atoms with van der Waals surface area (Å²) in [6.07, 6.45) is -0.747. The summed E-state index contributed by atoms with van der Waals surface area (Å²) in [5, 5.41) is 3.22. The molecule has 1 aliphatic heterocycles. The summed E-state index contributed by atoms with van der Waals surface area (Å²) >= 11 is 6.05. The first kappa shape index (κ1) is 19.2. The van der Waals surface area contributed by atoms with Crippen LogP contribution in [0.5, 0.6) is 5.75 Å². The Hall–Kier alpha value is -2.57. The molecule has 1 heterocycles. The zero-order chi connectivity index (χ0) is 19.2. The number of carbonyl (C=O) groups is 2. The molecule has 0 unspecified atom stereocenters. The minimum atomic E-state index is -0.747. The van der Waals surface area contributed by atoms with E-state index in [1.807, 2.05) is 0 Å². The summed E-state index contributed by atoms with van der Waals surface area (Å²) in [4.78, 5) is 26.7. The molecular formula is C20H21ClN2O4. The topological polar surface area (TPSA) is 67.9 Å². The van der Waals surface area contributed by atoms with Crippen LogP contribution in [0, 0.1) is 0 Å². The Labute approximate surface area is 163 Å². The molecule has 142 valence electrons. The second-order valence-electron chi connectivity index (χ2n) is 6.17. The molecule has 1 N–H and O–H groups in total. The van der Waals surface area contributed by atoms with Gasteiger partial charge in [0, 0.05) is 24.3 Å². The molecule has 1 atom stereocenters. The van der Waals surface area contributed by atoms with E-state index >= 15 is 0 Å². The van der Waals surface area contributed by atoms with Gasteiger partial charge in [0.25, 0.3) is 11.8 Å². The molecule has 1 fully saturated rings. The Bertz CT molecular complexity index is 821. The highest BCUT2D eigenvalue weighted by Gasteiger charge is 2.20. The molecule has 7 heteroatoms. The molecule has 0 bridgehead atoms. The lowest BCUT2D eigenvalue weighted by atomic mass is 10.1. The Morgan fingerprint density at radius 3 is 2.63 bits per heavy atom. The van der Waals surface area contributed by atoms with Crippen LogP contribution in [0.2, 0.25) is 5.02 Å². The summed E-state index contributed by atoms with van der Waals surface area (Å²) in [5.74, 6) is 0.0405. The van der Waals surface area contributed by atoms with Crippen LogP contribution >= 0.6 is 11.6 Å². The molecule has 2 aromatic rings. The molecular weight excluding hydrogens is 368 g/mol. The van der Waals surface area contributed by atoms with Crippen LogP contribution in [-0.2, 0) is 9.53 Å². The van der Waals surface area contributed by atoms with Crippen LogP contribution in [0.25, 0.3) is 0 Å². The molecule has 0 radical (unpaired) electrons. The molecule has 1 aliphatic rings. The predicted molar refractivity (Wildman–Crippen MR) is 103 cm³/mol. The van der Waals surface area contributed by atoms with Gasteiger partial charge in [0.15, 0.2) is 6.10 Å². The largest absolute Gasteiger partial charge is 0.479 e. The molecule has 2 amide bonds. The van der Waals surface area contributed by atoms with E-state index in [2.05, 4.69) is 5.32 Å². The molecule has 0 aromatic heterocycles. The van der Waals surface area contributed by atoms with Crippen molar-refractivity contribution in [1.29, 1.82) is 0 Å². The number of anilines is 1. The van der Waals surface area contributed by atoms with Crippen molar-refractivity contribution in [2.24, 2.45) is 0 Å². The van der Waals surface area contributed by atoms with Gasteiger partial charge in [-0.05, 0) is 37.3 Å². The van der Waals surface area contributed by atoms with E-state index in [-0.39, 0.29) is 11.8 Å². The van der Waals surface area contributed by atoms with Crippen LogP contribution in [0.3, 0.4) is 0 Å². The van der Waals surface area contributed by atoms with E-state index in [0.717, 1.165) is 0 Å². The van der Waals surface area contributed by atoms with Crippen molar-refractivity contribution in [3.05, 3.63) is 59.1 Å². The molecule has 2 aromatic carbocycles. The van der Waals surface area contributed by atoms with Crippen LogP contribution < -0.4 is 10.1 Å². The van der Waals surface area contributed by atoms with Crippen molar-refractivity contribution in [2.75, 3.05) is 31.6 Å². The van der Waals surface area contributed by atoms with Gasteiger partial charge < -0.3 is 19.7 Å². The maximum atomic E-state index is 12.6. The van der Waals surface area contributed by atoms with Gasteiger partial charge >= 0.3 is 0 Å². The number of morpholine rings is 1. The van der Waals surface area contributed by atoms with Crippen LogP contribution in [0.4, 0.5) is 5.69 Å². The second kappa shape index (κ2) is 8.88. The molecule has 27 heavy (non-hydrogen) atoms. The first-order valence-corrected chi connectivity index (χ1v) is 9.11. The highest BCUT2D eigenvalue weighted by Crippen LogP contribution is 2.24. The van der Waals surface area contributed by atoms with Gasteiger partial charge in [-0.2, -0.15) is 0 Å². The highest BCUT2D eigenvalue weighted by atomic mass is 35.5. The summed E-state index contributed by atoms with van der Waals surface area (Å²) in [6.45, 7) is 3.86. The van der Waals surface area contributed by atoms with Gasteiger partial charge in [0.1, 0.15) is 5.75 Å². The number of amides is 2. The summed E-state index contributed by atoms with van der Waals surface area (Å²) in [5.41, 5.74) is 1.06. The average molecular weight is 389 g/mol. The lowest BCUT2D eigenvalue weighted by Crippen LogP contribution is -2.40. The summed E-state index contributed by atoms with van der Waals surface area (Å²) in [7, 11) is 0. The molecule has 6 nitrogen and oxygen atoms in total. The van der Waals surface area contributed by atoms with E-state index in [1.165, 1.54) is 0 Å². The van der Waals surface area contributed by atoms with E-state index in [0.29, 0.717) is 48.3 Å². The van der Waals surface area contributed by atoms with Crippen LogP contribution in [0.15, 0.2) is 48.5 Å². The van der Waals surface area contributed by atoms with Crippen molar-refractivity contribution < 1.29 is 19.1 Å². The number of rotatable bonds is 5. The number of halogens is 1. The molecule has 0 spiro atoms. The minimum Gasteiger partial charge on any atom is -0.479 e. The maximum Gasteiger partial charge on any atom is 0.265 e. The molecule has 0 saturated carbocycles. The zero-order valence-electron chi connectivity index (χ0n) is 15.0. The number of hydrogen-bond donors (Lipinski definition) is 1. The number of benzene rings is 2. The average Bonchev–Trinajstić information content (AvgIpc) is 2.70. The van der Waals surface area contributed by atoms with Crippen LogP contribution in [0.1, 0.15) is 17.3 Å². The van der Waals surface area contributed by atoms with E-state index in [9.17, 15) is 9.59 Å². The number of carbonyl (C=O) groups excluding carboxylic acids is 2. The standard InChI is InChI=1S/C20H21ClN2O4/c1-14(27-18-8-3-2-7-17(18)21)19(24)22-16-6-4-5-15(13-16)20(25)23-9-11-26-12-10-23/h2-8,13-14H,9-12H2,1H3,(H,22,24)/t14-/m0/s1. The number of para-hydroxylation sites is 1. The van der Waals surface area contributed by atoms with Gasteiger partial charge in [0.2, 0.25) is 0 Å². The van der Waals surface area contributed by atoms with E-state index in [1.54, 1.807) is 60.4 Å². The second-order valence-corrected chi connectivity index (χ2v) is 6.57. The SMILES string of the molecule is C[C@H](Oc1ccccc1Cl)C(=O)Nc1cccc(C(=O)N2CCOCC2)c1. The van der Waals surface area contributed by atoms with Crippen molar-refractivity contribution in [2.45, 2.75) is 13.0 Å². The van der Waals surface area contributed by atoms with Crippen molar-refractivity contribution >= 4 is 29.1 Å². The Morgan fingerprint density at radius 1 is 1.15 bits per heavy atom. The van der Waals surface area contributed by atoms with Crippen molar-refractivity contribution in [3.63, 3.8) is 0 Å². The fourth-order valence-electron chi connectivity index (χ4n) is 2.71. The normalized spacial score (nSPS) is 15.1. The monoisotopic (exact) mass is 388 g/mol. The number of nitrogens with zero attached hydrogens (tertiary/aromatic N) is 1. The Morgan fingerprint density at radius 2 is 1.89 bits per heavy atom. The third-order valence-corrected chi connectivity index (χ3v) is 4.50. The number of ether oxygens (including phenoxy) is 2. The van der Waals surface area contributed by atoms with Gasteiger partial charge in [-0.25, -0.2) is 0 Å². The van der Waals surface area contributed by atoms with Gasteiger partial charge in [-0.3, -0.25) is 9.59 Å². The summed E-state index contributed by atoms with van der Waals surface area (Å²) in [6, 6.07) is 13.8. The highest BCUT2D eigenvalue weighted by molar-refractivity contribution is 6.32. The first-order chi connectivity index (χ1) is 13.0. The zero-order valence-corrected chi connectivity index (χ0v) is 15.7. The molecule has 3 rings (SSSR count). The predicted octanol–water partition coefficient (Wildman–Crippen LogP) is 3.22. The third-order valence-electron chi connectivity index (χ3n) is 4.18. The van der Waals surface area contributed by atoms with E-state index in [4.69, 9.17) is 21.1 Å². The fourth-order valence-corrected chi connectivity index (χ4v) is 2.89. The lowest BCUT2D eigenvalue weighted by Gasteiger charge is -2.27. The third kappa shape index (κ3) is 4.99. The first-order valence-electron chi connectivity index (χ1n) is 8.74. The molecule has 0 aliphatic carbocycles. The minimum absolute atomic E-state index is 0.0743. The number of nitrogens with one attached hydrogen (secondary N) is 1. The van der Waals surface area contributed by atoms with Crippen molar-refractivity contribution in [3.8, 4) is 5.75 Å². The fraction of sp³-hybridized carbons (Fsp3) is 0.300. The van der Waals surface area contributed by atoms with Crippen molar-refractivity contribution in [1.82, 2.24) is 4.90 Å². The quantitative estimate of drug-likeness (QED) is 0.854. The smallest absolute Gasteiger partial charge is 0.265 e. The maximum absolute atomic E-state index is 12.6. The van der Waals surface area contributed by atoms with Gasteiger partial charge in [-0.15, -0.1) is 0 Å². The number of hydrogen-bond acceptors (Lipinski definition) is 4. The van der Waals surface area contributed by atoms with E-state index < -0.39 is 6.10 Å². The van der Waals surface area contributed by atoms with Gasteiger partial charge in [0.05, 0.1) is 18.2 Å². The summed E-state index contributed by atoms with van der Waals surface area (Å²) < 4.78 is 10.9. The Balaban J connectivity index is 1.64. The Kier molecular flexibility index (Phi) is 6.32. The van der Waals surface area contributed by atoms with Gasteiger partial charge in [-0.1, -0.05) is 29.8 Å².